The predicted octanol–water partition coefficient (Wildman–Crippen LogP) is 4.74. The van der Waals surface area contributed by atoms with Gasteiger partial charge in [0.05, 0.1) is 18.7 Å². The number of allylic oxidation sites excluding steroid dienone is 1. The number of ether oxygens (including phenoxy) is 1. The first kappa shape index (κ1) is 20.1. The normalized spacial score (nSPS) is 16.6. The van der Waals surface area contributed by atoms with Gasteiger partial charge in [-0.25, -0.2) is 0 Å². The highest BCUT2D eigenvalue weighted by molar-refractivity contribution is 7.80. The quantitative estimate of drug-likeness (QED) is 0.598. The Bertz CT molecular complexity index is 1090. The molecule has 0 radical (unpaired) electrons. The van der Waals surface area contributed by atoms with Crippen LogP contribution in [0.15, 0.2) is 58.8 Å². The minimum atomic E-state index is -0.162. The fourth-order valence-electron chi connectivity index (χ4n) is 3.64. The minimum absolute atomic E-state index is 0.162. The van der Waals surface area contributed by atoms with Gasteiger partial charge in [0.1, 0.15) is 5.75 Å². The van der Waals surface area contributed by atoms with Crippen molar-refractivity contribution in [1.29, 1.82) is 0 Å². The van der Waals surface area contributed by atoms with E-state index in [1.165, 1.54) is 5.56 Å². The summed E-state index contributed by atoms with van der Waals surface area (Å²) in [5, 5.41) is 8.37. The lowest BCUT2D eigenvalue weighted by atomic mass is 9.94. The summed E-state index contributed by atoms with van der Waals surface area (Å²) in [4.78, 5) is 6.76. The molecule has 0 saturated carbocycles. The summed E-state index contributed by atoms with van der Waals surface area (Å²) >= 11 is 5.62. The highest BCUT2D eigenvalue weighted by atomic mass is 32.1. The standard InChI is InChI=1S/C23H24N4O2S/c1-5-27-15(3)19(20(24-23(27)30)16-8-6-14(2)7-9-16)22-25-21(26-29-22)17-10-12-18(28-4)13-11-17/h6-13,20H,5H2,1-4H3,(H,24,30). The van der Waals surface area contributed by atoms with Crippen LogP contribution in [-0.2, 0) is 0 Å². The third kappa shape index (κ3) is 3.68. The van der Waals surface area contributed by atoms with E-state index < -0.39 is 0 Å². The molecule has 6 nitrogen and oxygen atoms in total. The van der Waals surface area contributed by atoms with Crippen molar-refractivity contribution in [3.05, 3.63) is 71.2 Å². The SMILES string of the molecule is CCN1C(=S)NC(c2ccc(C)cc2)C(c2nc(-c3ccc(OC)cc3)no2)=C1C. The van der Waals surface area contributed by atoms with Gasteiger partial charge in [-0.2, -0.15) is 4.98 Å². The number of nitrogens with one attached hydrogen (secondary N) is 1. The van der Waals surface area contributed by atoms with Crippen LogP contribution in [0.3, 0.4) is 0 Å². The average molecular weight is 421 g/mol. The molecule has 0 amide bonds. The van der Waals surface area contributed by atoms with Crippen molar-refractivity contribution < 1.29 is 9.26 Å². The molecule has 2 aromatic carbocycles. The minimum Gasteiger partial charge on any atom is -0.497 e. The number of aromatic nitrogens is 2. The second kappa shape index (κ2) is 8.28. The van der Waals surface area contributed by atoms with Crippen molar-refractivity contribution in [1.82, 2.24) is 20.4 Å². The molecule has 30 heavy (non-hydrogen) atoms. The second-order valence-corrected chi connectivity index (χ2v) is 7.57. The van der Waals surface area contributed by atoms with Gasteiger partial charge in [-0.1, -0.05) is 35.0 Å². The Morgan fingerprint density at radius 1 is 1.10 bits per heavy atom. The van der Waals surface area contributed by atoms with Gasteiger partial charge in [-0.3, -0.25) is 0 Å². The fraction of sp³-hybridized carbons (Fsp3) is 0.261. The summed E-state index contributed by atoms with van der Waals surface area (Å²) in [5.74, 6) is 1.80. The maximum atomic E-state index is 5.73. The molecule has 0 spiro atoms. The predicted molar refractivity (Wildman–Crippen MR) is 121 cm³/mol. The van der Waals surface area contributed by atoms with Crippen LogP contribution in [-0.4, -0.2) is 33.8 Å². The van der Waals surface area contributed by atoms with E-state index in [1.807, 2.05) is 36.1 Å². The Morgan fingerprint density at radius 2 is 1.80 bits per heavy atom. The van der Waals surface area contributed by atoms with E-state index >= 15 is 0 Å². The number of nitrogens with zero attached hydrogens (tertiary/aromatic N) is 3. The van der Waals surface area contributed by atoms with Crippen molar-refractivity contribution >= 4 is 22.9 Å². The first-order valence-electron chi connectivity index (χ1n) is 9.85. The molecular weight excluding hydrogens is 396 g/mol. The number of rotatable bonds is 5. The van der Waals surface area contributed by atoms with Crippen LogP contribution in [0.1, 0.15) is 36.9 Å². The van der Waals surface area contributed by atoms with Gasteiger partial charge in [-0.05, 0) is 62.8 Å². The molecular formula is C23H24N4O2S. The lowest BCUT2D eigenvalue weighted by Crippen LogP contribution is -2.45. The van der Waals surface area contributed by atoms with Gasteiger partial charge < -0.3 is 19.5 Å². The number of hydrogen-bond donors (Lipinski definition) is 1. The molecule has 1 aliphatic rings. The van der Waals surface area contributed by atoms with Crippen molar-refractivity contribution in [2.24, 2.45) is 0 Å². The van der Waals surface area contributed by atoms with Crippen LogP contribution in [0.5, 0.6) is 5.75 Å². The molecule has 1 atom stereocenters. The molecule has 0 aliphatic carbocycles. The zero-order valence-corrected chi connectivity index (χ0v) is 18.3. The van der Waals surface area contributed by atoms with Crippen LogP contribution >= 0.6 is 12.2 Å². The molecule has 3 aromatic rings. The van der Waals surface area contributed by atoms with E-state index in [9.17, 15) is 0 Å². The van der Waals surface area contributed by atoms with Gasteiger partial charge in [0.25, 0.3) is 5.89 Å². The topological polar surface area (TPSA) is 63.4 Å². The van der Waals surface area contributed by atoms with E-state index in [0.29, 0.717) is 16.8 Å². The number of benzene rings is 2. The molecule has 7 heteroatoms. The lowest BCUT2D eigenvalue weighted by Gasteiger charge is -2.36. The van der Waals surface area contributed by atoms with Crippen LogP contribution in [0.2, 0.25) is 0 Å². The smallest absolute Gasteiger partial charge is 0.258 e. The number of aryl methyl sites for hydroxylation is 1. The van der Waals surface area contributed by atoms with E-state index in [4.69, 9.17) is 26.5 Å². The highest BCUT2D eigenvalue weighted by Crippen LogP contribution is 2.37. The lowest BCUT2D eigenvalue weighted by molar-refractivity contribution is 0.398. The largest absolute Gasteiger partial charge is 0.497 e. The Kier molecular flexibility index (Phi) is 5.55. The summed E-state index contributed by atoms with van der Waals surface area (Å²) < 4.78 is 11.0. The van der Waals surface area contributed by atoms with Crippen LogP contribution < -0.4 is 10.1 Å². The second-order valence-electron chi connectivity index (χ2n) is 7.19. The fourth-order valence-corrected chi connectivity index (χ4v) is 4.02. The van der Waals surface area contributed by atoms with Gasteiger partial charge in [-0.15, -0.1) is 0 Å². The number of hydrogen-bond acceptors (Lipinski definition) is 5. The summed E-state index contributed by atoms with van der Waals surface area (Å²) in [6, 6.07) is 15.8. The van der Waals surface area contributed by atoms with Crippen LogP contribution in [0.4, 0.5) is 0 Å². The molecule has 0 saturated heterocycles. The monoisotopic (exact) mass is 420 g/mol. The number of methoxy groups -OCH3 is 1. The third-order valence-electron chi connectivity index (χ3n) is 5.33. The summed E-state index contributed by atoms with van der Waals surface area (Å²) in [6.45, 7) is 6.94. The van der Waals surface area contributed by atoms with Gasteiger partial charge in [0.15, 0.2) is 5.11 Å². The first-order chi connectivity index (χ1) is 14.5. The molecule has 0 fully saturated rings. The van der Waals surface area contributed by atoms with E-state index in [-0.39, 0.29) is 6.04 Å². The molecule has 154 valence electrons. The molecule has 1 unspecified atom stereocenters. The van der Waals surface area contributed by atoms with Crippen LogP contribution in [0.25, 0.3) is 17.0 Å². The number of thiocarbonyl (C=S) groups is 1. The Labute approximate surface area is 181 Å². The Morgan fingerprint density at radius 3 is 2.43 bits per heavy atom. The van der Waals surface area contributed by atoms with E-state index in [0.717, 1.165) is 34.7 Å². The first-order valence-corrected chi connectivity index (χ1v) is 10.3. The molecule has 2 heterocycles. The zero-order valence-electron chi connectivity index (χ0n) is 17.5. The molecule has 1 aliphatic heterocycles. The average Bonchev–Trinajstić information content (AvgIpc) is 3.24. The summed E-state index contributed by atoms with van der Waals surface area (Å²) in [6.07, 6.45) is 0. The maximum absolute atomic E-state index is 5.73. The van der Waals surface area contributed by atoms with Crippen molar-refractivity contribution in [3.63, 3.8) is 0 Å². The molecule has 4 rings (SSSR count). The van der Waals surface area contributed by atoms with E-state index in [1.54, 1.807) is 7.11 Å². The van der Waals surface area contributed by atoms with Gasteiger partial charge in [0, 0.05) is 17.8 Å². The summed E-state index contributed by atoms with van der Waals surface area (Å²) in [7, 11) is 1.64. The molecule has 0 bridgehead atoms. The van der Waals surface area contributed by atoms with Crippen LogP contribution in [0, 0.1) is 6.92 Å². The van der Waals surface area contributed by atoms with Crippen molar-refractivity contribution in [2.45, 2.75) is 26.8 Å². The Hall–Kier alpha value is -3.19. The van der Waals surface area contributed by atoms with Crippen molar-refractivity contribution in [2.75, 3.05) is 13.7 Å². The zero-order chi connectivity index (χ0) is 21.3. The third-order valence-corrected chi connectivity index (χ3v) is 5.67. The molecule has 1 N–H and O–H groups in total. The van der Waals surface area contributed by atoms with Gasteiger partial charge in [0.2, 0.25) is 5.82 Å². The van der Waals surface area contributed by atoms with E-state index in [2.05, 4.69) is 48.6 Å². The highest BCUT2D eigenvalue weighted by Gasteiger charge is 2.33. The summed E-state index contributed by atoms with van der Waals surface area (Å²) in [5.41, 5.74) is 5.10. The molecule has 1 aromatic heterocycles. The maximum Gasteiger partial charge on any atom is 0.258 e. The van der Waals surface area contributed by atoms with Crippen molar-refractivity contribution in [3.8, 4) is 17.1 Å². The van der Waals surface area contributed by atoms with Gasteiger partial charge >= 0.3 is 0 Å². The Balaban J connectivity index is 1.78.